The van der Waals surface area contributed by atoms with Crippen LogP contribution in [-0.4, -0.2) is 52.8 Å². The Kier molecular flexibility index (Phi) is 6.64. The molecule has 0 unspecified atom stereocenters. The Labute approximate surface area is 202 Å². The summed E-state index contributed by atoms with van der Waals surface area (Å²) >= 11 is 3.54. The molecule has 1 atom stereocenters. The van der Waals surface area contributed by atoms with Crippen LogP contribution in [0.15, 0.2) is 59.2 Å². The summed E-state index contributed by atoms with van der Waals surface area (Å²) in [6, 6.07) is 16.8. The van der Waals surface area contributed by atoms with Crippen molar-refractivity contribution in [3.05, 3.63) is 70.5 Å². The van der Waals surface area contributed by atoms with Gasteiger partial charge in [0.05, 0.1) is 13.2 Å². The van der Waals surface area contributed by atoms with Crippen LogP contribution < -0.4 is 10.1 Å². The van der Waals surface area contributed by atoms with E-state index >= 15 is 0 Å². The molecule has 1 aliphatic heterocycles. The fourth-order valence-electron chi connectivity index (χ4n) is 4.80. The van der Waals surface area contributed by atoms with E-state index in [1.807, 2.05) is 24.3 Å². The molecule has 0 bridgehead atoms. The number of H-pyrrole nitrogens is 1. The number of ether oxygens (including phenoxy) is 1. The topological polar surface area (TPSA) is 73.4 Å². The number of β-amino-alcohol motifs (C(OH)–C–C–N with tert-alkyl or cyclic N) is 1. The van der Waals surface area contributed by atoms with Gasteiger partial charge in [-0.15, -0.1) is 0 Å². The van der Waals surface area contributed by atoms with Crippen molar-refractivity contribution >= 4 is 37.7 Å². The van der Waals surface area contributed by atoms with Crippen molar-refractivity contribution in [3.8, 4) is 5.75 Å². The molecule has 0 amide bonds. The zero-order valence-electron chi connectivity index (χ0n) is 18.7. The summed E-state index contributed by atoms with van der Waals surface area (Å²) < 4.78 is 6.53. The minimum Gasteiger partial charge on any atom is -0.494 e. The second-order valence-electron chi connectivity index (χ2n) is 8.75. The highest BCUT2D eigenvalue weighted by molar-refractivity contribution is 9.10. The fourth-order valence-corrected chi connectivity index (χ4v) is 5.18. The molecule has 1 aliphatic rings. The van der Waals surface area contributed by atoms with E-state index in [9.17, 15) is 5.11 Å². The molecule has 3 N–H and O–H groups in total. The van der Waals surface area contributed by atoms with Crippen LogP contribution in [0.25, 0.3) is 21.8 Å². The molecule has 172 valence electrons. The number of nitrogens with zero attached hydrogens (tertiary/aromatic N) is 2. The first-order valence-corrected chi connectivity index (χ1v) is 12.2. The number of para-hydroxylation sites is 1. The molecule has 7 heteroatoms. The van der Waals surface area contributed by atoms with E-state index in [1.54, 1.807) is 13.3 Å². The fraction of sp³-hybridized carbons (Fsp3) is 0.346. The maximum absolute atomic E-state index is 11.0. The molecule has 6 nitrogen and oxygen atoms in total. The van der Waals surface area contributed by atoms with Gasteiger partial charge in [0.15, 0.2) is 0 Å². The molecule has 0 spiro atoms. The Morgan fingerprint density at radius 2 is 2.06 bits per heavy atom. The Hall–Kier alpha value is -2.45. The van der Waals surface area contributed by atoms with Crippen molar-refractivity contribution in [3.63, 3.8) is 0 Å². The van der Waals surface area contributed by atoms with Crippen molar-refractivity contribution in [1.29, 1.82) is 0 Å². The van der Waals surface area contributed by atoms with Crippen LogP contribution in [0.5, 0.6) is 5.75 Å². The van der Waals surface area contributed by atoms with Gasteiger partial charge >= 0.3 is 0 Å². The molecule has 0 aliphatic carbocycles. The Morgan fingerprint density at radius 3 is 2.88 bits per heavy atom. The summed E-state index contributed by atoms with van der Waals surface area (Å²) in [7, 11) is 1.65. The quantitative estimate of drug-likeness (QED) is 0.335. The summed E-state index contributed by atoms with van der Waals surface area (Å²) in [5.74, 6) is 0.732. The summed E-state index contributed by atoms with van der Waals surface area (Å²) in [5, 5.41) is 16.9. The number of rotatable bonds is 7. The van der Waals surface area contributed by atoms with Crippen molar-refractivity contribution in [1.82, 2.24) is 20.2 Å². The number of aromatic amines is 1. The first-order valence-electron chi connectivity index (χ1n) is 11.4. The minimum absolute atomic E-state index is 0.488. The van der Waals surface area contributed by atoms with E-state index < -0.39 is 6.10 Å². The number of nitrogens with one attached hydrogen (secondary N) is 2. The lowest BCUT2D eigenvalue weighted by Crippen LogP contribution is -2.43. The largest absolute Gasteiger partial charge is 0.494 e. The van der Waals surface area contributed by atoms with E-state index in [4.69, 9.17) is 4.74 Å². The van der Waals surface area contributed by atoms with Gasteiger partial charge in [-0.1, -0.05) is 28.1 Å². The number of aliphatic hydroxyl groups excluding tert-OH is 1. The third-order valence-electron chi connectivity index (χ3n) is 6.59. The van der Waals surface area contributed by atoms with E-state index in [0.29, 0.717) is 12.6 Å². The second kappa shape index (κ2) is 9.81. The third kappa shape index (κ3) is 4.92. The highest BCUT2D eigenvalue weighted by Gasteiger charge is 2.22. The lowest BCUT2D eigenvalue weighted by Gasteiger charge is -2.33. The number of aliphatic hydroxyl groups is 1. The summed E-state index contributed by atoms with van der Waals surface area (Å²) in [4.78, 5) is 10.3. The summed E-state index contributed by atoms with van der Waals surface area (Å²) in [6.45, 7) is 3.41. The van der Waals surface area contributed by atoms with Crippen LogP contribution >= 0.6 is 15.9 Å². The van der Waals surface area contributed by atoms with Gasteiger partial charge in [0.2, 0.25) is 0 Å². The summed E-state index contributed by atoms with van der Waals surface area (Å²) in [6.07, 6.45) is 3.34. The molecule has 33 heavy (non-hydrogen) atoms. The minimum atomic E-state index is -0.558. The maximum atomic E-state index is 11.0. The standard InChI is InChI=1S/C26H29BrN4O2/c1-33-25-4-2-3-22-21(7-10-28-26(22)25)24(32)16-31-11-8-19(9-12-31)29-15-20-14-17-13-18(27)5-6-23(17)30-20/h2-7,10,13-14,19,24,29-30,32H,8-9,11-12,15-16H2,1H3/t24-/m0/s1. The van der Waals surface area contributed by atoms with Crippen LogP contribution in [0.3, 0.4) is 0 Å². The molecule has 3 heterocycles. The molecule has 5 rings (SSSR count). The lowest BCUT2D eigenvalue weighted by molar-refractivity contribution is 0.0948. The molecule has 2 aromatic carbocycles. The molecule has 0 saturated carbocycles. The molecule has 1 saturated heterocycles. The van der Waals surface area contributed by atoms with Crippen LogP contribution in [0.2, 0.25) is 0 Å². The van der Waals surface area contributed by atoms with E-state index in [0.717, 1.165) is 59.2 Å². The van der Waals surface area contributed by atoms with E-state index in [2.05, 4.69) is 60.4 Å². The molecule has 1 fully saturated rings. The Balaban J connectivity index is 1.16. The number of likely N-dealkylation sites (tertiary alicyclic amines) is 1. The van der Waals surface area contributed by atoms with Gasteiger partial charge in [-0.3, -0.25) is 4.98 Å². The number of aromatic nitrogens is 2. The van der Waals surface area contributed by atoms with Gasteiger partial charge in [0.1, 0.15) is 11.3 Å². The first kappa shape index (κ1) is 22.3. The number of halogens is 1. The number of hydrogen-bond donors (Lipinski definition) is 3. The van der Waals surface area contributed by atoms with Crippen molar-refractivity contribution in [2.24, 2.45) is 0 Å². The van der Waals surface area contributed by atoms with E-state index in [-0.39, 0.29) is 0 Å². The normalized spacial score (nSPS) is 16.5. The summed E-state index contributed by atoms with van der Waals surface area (Å²) in [5.41, 5.74) is 4.08. The predicted octanol–water partition coefficient (Wildman–Crippen LogP) is 4.77. The van der Waals surface area contributed by atoms with Crippen LogP contribution in [0.1, 0.15) is 30.2 Å². The average molecular weight is 509 g/mol. The highest BCUT2D eigenvalue weighted by Crippen LogP contribution is 2.30. The number of hydrogen-bond acceptors (Lipinski definition) is 5. The Morgan fingerprint density at radius 1 is 1.21 bits per heavy atom. The molecule has 2 aromatic heterocycles. The van der Waals surface area contributed by atoms with Crippen LogP contribution in [0, 0.1) is 0 Å². The van der Waals surface area contributed by atoms with Crippen molar-refractivity contribution in [2.75, 3.05) is 26.7 Å². The number of benzene rings is 2. The van der Waals surface area contributed by atoms with Gasteiger partial charge < -0.3 is 25.0 Å². The van der Waals surface area contributed by atoms with Gasteiger partial charge in [-0.25, -0.2) is 0 Å². The highest BCUT2D eigenvalue weighted by atomic mass is 79.9. The van der Waals surface area contributed by atoms with Crippen LogP contribution in [-0.2, 0) is 6.54 Å². The molecular weight excluding hydrogens is 480 g/mol. The second-order valence-corrected chi connectivity index (χ2v) is 9.67. The van der Waals surface area contributed by atoms with Gasteiger partial charge in [-0.05, 0) is 67.9 Å². The molecular formula is C26H29BrN4O2. The first-order chi connectivity index (χ1) is 16.1. The zero-order chi connectivity index (χ0) is 22.8. The van der Waals surface area contributed by atoms with Gasteiger partial charge in [0, 0.05) is 51.8 Å². The van der Waals surface area contributed by atoms with Gasteiger partial charge in [0.25, 0.3) is 0 Å². The van der Waals surface area contributed by atoms with Gasteiger partial charge in [-0.2, -0.15) is 0 Å². The van der Waals surface area contributed by atoms with Crippen molar-refractivity contribution < 1.29 is 9.84 Å². The van der Waals surface area contributed by atoms with Crippen molar-refractivity contribution in [2.45, 2.75) is 31.5 Å². The Bertz CT molecular complexity index is 1250. The zero-order valence-corrected chi connectivity index (χ0v) is 20.3. The monoisotopic (exact) mass is 508 g/mol. The number of methoxy groups -OCH3 is 1. The predicted molar refractivity (Wildman–Crippen MR) is 136 cm³/mol. The maximum Gasteiger partial charge on any atom is 0.145 e. The SMILES string of the molecule is COc1cccc2c([C@@H](O)CN3CCC(NCc4cc5cc(Br)ccc5[nH]4)CC3)ccnc12. The third-order valence-corrected chi connectivity index (χ3v) is 7.08. The smallest absolute Gasteiger partial charge is 0.145 e. The molecule has 0 radical (unpaired) electrons. The lowest BCUT2D eigenvalue weighted by atomic mass is 10.0. The number of piperidine rings is 1. The molecule has 4 aromatic rings. The number of fused-ring (bicyclic) bond motifs is 2. The average Bonchev–Trinajstić information content (AvgIpc) is 3.24. The number of pyridine rings is 1. The van der Waals surface area contributed by atoms with E-state index in [1.165, 1.54) is 16.6 Å². The van der Waals surface area contributed by atoms with Crippen LogP contribution in [0.4, 0.5) is 0 Å².